The van der Waals surface area contributed by atoms with Crippen molar-refractivity contribution in [3.05, 3.63) is 71.8 Å². The molecule has 0 aromatic heterocycles. The molecule has 0 bridgehead atoms. The van der Waals surface area contributed by atoms with E-state index in [2.05, 4.69) is 17.4 Å². The van der Waals surface area contributed by atoms with Gasteiger partial charge in [0.05, 0.1) is 18.7 Å². The average Bonchev–Trinajstić information content (AvgIpc) is 2.67. The van der Waals surface area contributed by atoms with Crippen molar-refractivity contribution in [3.63, 3.8) is 0 Å². The number of carbonyl (C=O) groups is 1. The minimum atomic E-state index is -0.0886. The van der Waals surface area contributed by atoms with Gasteiger partial charge in [-0.15, -0.1) is 11.8 Å². The van der Waals surface area contributed by atoms with Crippen LogP contribution in [0.2, 0.25) is 0 Å². The molecule has 126 valence electrons. The van der Waals surface area contributed by atoms with Crippen LogP contribution in [0.1, 0.15) is 28.4 Å². The van der Waals surface area contributed by atoms with E-state index in [0.717, 1.165) is 22.9 Å². The summed E-state index contributed by atoms with van der Waals surface area (Å²) >= 11 is 1.85. The van der Waals surface area contributed by atoms with Crippen molar-refractivity contribution in [2.24, 2.45) is 0 Å². The Balaban J connectivity index is 1.67. The molecule has 4 rings (SSSR count). The first-order chi connectivity index (χ1) is 12.3. The lowest BCUT2D eigenvalue weighted by Gasteiger charge is -2.26. The van der Waals surface area contributed by atoms with Crippen LogP contribution in [-0.2, 0) is 0 Å². The van der Waals surface area contributed by atoms with Crippen molar-refractivity contribution in [2.45, 2.75) is 17.4 Å². The van der Waals surface area contributed by atoms with Crippen LogP contribution in [0.5, 0.6) is 5.75 Å². The molecule has 0 aliphatic carbocycles. The van der Waals surface area contributed by atoms with Crippen LogP contribution in [0.25, 0.3) is 10.8 Å². The zero-order chi connectivity index (χ0) is 17.2. The number of hydrogen-bond acceptors (Lipinski definition) is 3. The highest BCUT2D eigenvalue weighted by Crippen LogP contribution is 2.36. The largest absolute Gasteiger partial charge is 0.496 e. The Morgan fingerprint density at radius 1 is 1.08 bits per heavy atom. The number of benzene rings is 3. The Kier molecular flexibility index (Phi) is 4.36. The number of rotatable bonds is 3. The summed E-state index contributed by atoms with van der Waals surface area (Å²) in [4.78, 5) is 14.2. The highest BCUT2D eigenvalue weighted by atomic mass is 32.2. The van der Waals surface area contributed by atoms with E-state index in [9.17, 15) is 4.79 Å². The van der Waals surface area contributed by atoms with Crippen molar-refractivity contribution in [1.29, 1.82) is 0 Å². The third-order valence-corrected chi connectivity index (χ3v) is 5.70. The average molecular weight is 349 g/mol. The lowest BCUT2D eigenvalue weighted by atomic mass is 10.0. The molecular formula is C21H19NO2S. The van der Waals surface area contributed by atoms with Gasteiger partial charge < -0.3 is 10.1 Å². The van der Waals surface area contributed by atoms with Gasteiger partial charge in [-0.25, -0.2) is 0 Å². The Labute approximate surface area is 151 Å². The Morgan fingerprint density at radius 2 is 1.80 bits per heavy atom. The molecule has 0 saturated carbocycles. The minimum Gasteiger partial charge on any atom is -0.496 e. The molecule has 1 amide bonds. The summed E-state index contributed by atoms with van der Waals surface area (Å²) in [5, 5.41) is 5.30. The molecular weight excluding hydrogens is 330 g/mol. The molecule has 25 heavy (non-hydrogen) atoms. The fourth-order valence-corrected chi connectivity index (χ4v) is 4.42. The van der Waals surface area contributed by atoms with Gasteiger partial charge in [0.2, 0.25) is 0 Å². The highest BCUT2D eigenvalue weighted by Gasteiger charge is 2.23. The summed E-state index contributed by atoms with van der Waals surface area (Å²) in [6.45, 7) is 0. The van der Waals surface area contributed by atoms with Crippen LogP contribution in [0.15, 0.2) is 65.6 Å². The van der Waals surface area contributed by atoms with Crippen LogP contribution in [0.4, 0.5) is 0 Å². The SMILES string of the molecule is COc1cc2ccccc2cc1C(=O)N[C@H]1CCSc2ccccc21. The van der Waals surface area contributed by atoms with Gasteiger partial charge in [-0.1, -0.05) is 42.5 Å². The van der Waals surface area contributed by atoms with Gasteiger partial charge in [0.1, 0.15) is 5.75 Å². The van der Waals surface area contributed by atoms with E-state index in [1.54, 1.807) is 7.11 Å². The van der Waals surface area contributed by atoms with Gasteiger partial charge >= 0.3 is 0 Å². The summed E-state index contributed by atoms with van der Waals surface area (Å²) in [5.41, 5.74) is 1.78. The standard InChI is InChI=1S/C21H19NO2S/c1-24-19-13-15-7-3-2-6-14(15)12-17(19)21(23)22-18-10-11-25-20-9-5-4-8-16(18)20/h2-9,12-13,18H,10-11H2,1H3,(H,22,23)/t18-/m0/s1. The van der Waals surface area contributed by atoms with Crippen molar-refractivity contribution < 1.29 is 9.53 Å². The van der Waals surface area contributed by atoms with Gasteiger partial charge in [-0.3, -0.25) is 4.79 Å². The van der Waals surface area contributed by atoms with E-state index in [-0.39, 0.29) is 11.9 Å². The molecule has 1 heterocycles. The molecule has 1 N–H and O–H groups in total. The van der Waals surface area contributed by atoms with E-state index in [1.807, 2.05) is 60.3 Å². The number of nitrogens with one attached hydrogen (secondary N) is 1. The lowest BCUT2D eigenvalue weighted by Crippen LogP contribution is -2.30. The third-order valence-electron chi connectivity index (χ3n) is 4.58. The van der Waals surface area contributed by atoms with E-state index in [4.69, 9.17) is 4.74 Å². The topological polar surface area (TPSA) is 38.3 Å². The first-order valence-corrected chi connectivity index (χ1v) is 9.34. The zero-order valence-corrected chi connectivity index (χ0v) is 14.8. The molecule has 0 fully saturated rings. The number of ether oxygens (including phenoxy) is 1. The van der Waals surface area contributed by atoms with Gasteiger partial charge in [0.25, 0.3) is 5.91 Å². The quantitative estimate of drug-likeness (QED) is 0.737. The molecule has 3 nitrogen and oxygen atoms in total. The molecule has 1 atom stereocenters. The van der Waals surface area contributed by atoms with E-state index in [0.29, 0.717) is 11.3 Å². The third kappa shape index (κ3) is 3.10. The van der Waals surface area contributed by atoms with E-state index < -0.39 is 0 Å². The van der Waals surface area contributed by atoms with Crippen molar-refractivity contribution >= 4 is 28.4 Å². The molecule has 0 unspecified atom stereocenters. The first kappa shape index (κ1) is 16.0. The predicted molar refractivity (Wildman–Crippen MR) is 102 cm³/mol. The summed E-state index contributed by atoms with van der Waals surface area (Å²) in [7, 11) is 1.60. The second-order valence-electron chi connectivity index (χ2n) is 6.10. The van der Waals surface area contributed by atoms with Crippen molar-refractivity contribution in [1.82, 2.24) is 5.32 Å². The molecule has 0 radical (unpaired) electrons. The minimum absolute atomic E-state index is 0.0427. The second-order valence-corrected chi connectivity index (χ2v) is 7.24. The summed E-state index contributed by atoms with van der Waals surface area (Å²) < 4.78 is 5.47. The Bertz CT molecular complexity index is 938. The molecule has 1 aliphatic heterocycles. The zero-order valence-electron chi connectivity index (χ0n) is 14.0. The number of carbonyl (C=O) groups excluding carboxylic acids is 1. The number of amides is 1. The second kappa shape index (κ2) is 6.81. The Morgan fingerprint density at radius 3 is 2.60 bits per heavy atom. The highest BCUT2D eigenvalue weighted by molar-refractivity contribution is 7.99. The molecule has 3 aromatic rings. The summed E-state index contributed by atoms with van der Waals surface area (Å²) in [6, 6.07) is 20.2. The van der Waals surface area contributed by atoms with Crippen molar-refractivity contribution in [2.75, 3.05) is 12.9 Å². The van der Waals surface area contributed by atoms with Crippen LogP contribution < -0.4 is 10.1 Å². The monoisotopic (exact) mass is 349 g/mol. The maximum Gasteiger partial charge on any atom is 0.255 e. The van der Waals surface area contributed by atoms with Crippen LogP contribution >= 0.6 is 11.8 Å². The van der Waals surface area contributed by atoms with Gasteiger partial charge in [0.15, 0.2) is 0 Å². The Hall–Kier alpha value is -2.46. The van der Waals surface area contributed by atoms with Gasteiger partial charge in [-0.05, 0) is 41.0 Å². The summed E-state index contributed by atoms with van der Waals surface area (Å²) in [5.74, 6) is 1.53. The van der Waals surface area contributed by atoms with E-state index in [1.165, 1.54) is 10.5 Å². The maximum absolute atomic E-state index is 12.9. The number of hydrogen-bond donors (Lipinski definition) is 1. The van der Waals surface area contributed by atoms with Crippen LogP contribution in [0.3, 0.4) is 0 Å². The number of fused-ring (bicyclic) bond motifs is 2. The number of methoxy groups -OCH3 is 1. The fraction of sp³-hybridized carbons (Fsp3) is 0.190. The van der Waals surface area contributed by atoms with Crippen molar-refractivity contribution in [3.8, 4) is 5.75 Å². The maximum atomic E-state index is 12.9. The smallest absolute Gasteiger partial charge is 0.255 e. The first-order valence-electron chi connectivity index (χ1n) is 8.35. The van der Waals surface area contributed by atoms with Crippen LogP contribution in [-0.4, -0.2) is 18.8 Å². The lowest BCUT2D eigenvalue weighted by molar-refractivity contribution is 0.0932. The van der Waals surface area contributed by atoms with E-state index >= 15 is 0 Å². The summed E-state index contributed by atoms with van der Waals surface area (Å²) in [6.07, 6.45) is 0.934. The molecule has 4 heteroatoms. The normalized spacial score (nSPS) is 16.3. The predicted octanol–water partition coefficient (Wildman–Crippen LogP) is 4.82. The molecule has 1 aliphatic rings. The van der Waals surface area contributed by atoms with Crippen LogP contribution in [0, 0.1) is 0 Å². The molecule has 0 saturated heterocycles. The molecule has 0 spiro atoms. The number of thioether (sulfide) groups is 1. The fourth-order valence-electron chi connectivity index (χ4n) is 3.29. The molecule has 3 aromatic carbocycles. The van der Waals surface area contributed by atoms with Gasteiger partial charge in [0, 0.05) is 10.6 Å². The van der Waals surface area contributed by atoms with Gasteiger partial charge in [-0.2, -0.15) is 0 Å².